The fourth-order valence-corrected chi connectivity index (χ4v) is 2.24. The van der Waals surface area contributed by atoms with Gasteiger partial charge < -0.3 is 4.42 Å². The predicted molar refractivity (Wildman–Crippen MR) is 73.3 cm³/mol. The van der Waals surface area contributed by atoms with Crippen molar-refractivity contribution in [3.8, 4) is 11.3 Å². The van der Waals surface area contributed by atoms with E-state index in [9.17, 15) is 4.79 Å². The Labute approximate surface area is 116 Å². The van der Waals surface area contributed by atoms with Crippen LogP contribution >= 0.6 is 0 Å². The minimum atomic E-state index is -0.648. The summed E-state index contributed by atoms with van der Waals surface area (Å²) in [6.45, 7) is 3.34. The van der Waals surface area contributed by atoms with E-state index in [0.29, 0.717) is 5.76 Å². The first-order chi connectivity index (χ1) is 9.76. The molecule has 0 aliphatic carbocycles. The number of furan rings is 1. The lowest BCUT2D eigenvalue weighted by atomic mass is 10.1. The van der Waals surface area contributed by atoms with E-state index in [1.807, 2.05) is 12.1 Å². The first-order valence-electron chi connectivity index (χ1n) is 6.62. The largest absolute Gasteiger partial charge is 0.451 e. The van der Waals surface area contributed by atoms with Crippen LogP contribution in [0.15, 0.2) is 40.8 Å². The van der Waals surface area contributed by atoms with Gasteiger partial charge in [-0.05, 0) is 37.2 Å². The van der Waals surface area contributed by atoms with Gasteiger partial charge in [0, 0.05) is 12.1 Å². The Balaban J connectivity index is 1.73. The highest BCUT2D eigenvalue weighted by Gasteiger charge is 2.14. The molecule has 1 aliphatic rings. The number of nitrogens with zero attached hydrogens (tertiary/aromatic N) is 1. The van der Waals surface area contributed by atoms with E-state index >= 15 is 0 Å². The van der Waals surface area contributed by atoms with Crippen LogP contribution in [0.25, 0.3) is 11.3 Å². The molecule has 20 heavy (non-hydrogen) atoms. The maximum Gasteiger partial charge on any atom is 0.310 e. The number of rotatable bonds is 4. The molecule has 2 heterocycles. The molecular weight excluding hydrogens is 256 g/mol. The molecule has 0 unspecified atom stereocenters. The molecule has 1 amide bonds. The normalized spacial score (nSPS) is 14.8. The van der Waals surface area contributed by atoms with E-state index in [4.69, 9.17) is 9.62 Å². The molecule has 3 rings (SSSR count). The zero-order valence-electron chi connectivity index (χ0n) is 11.0. The zero-order valence-corrected chi connectivity index (χ0v) is 11.0. The number of likely N-dealkylation sites (tertiary alicyclic amines) is 1. The summed E-state index contributed by atoms with van der Waals surface area (Å²) in [4.78, 5) is 13.6. The van der Waals surface area contributed by atoms with Gasteiger partial charge in [0.05, 0.1) is 0 Å². The average molecular weight is 272 g/mol. The van der Waals surface area contributed by atoms with Gasteiger partial charge in [0.1, 0.15) is 5.76 Å². The third-order valence-electron chi connectivity index (χ3n) is 3.52. The second-order valence-corrected chi connectivity index (χ2v) is 4.93. The third-order valence-corrected chi connectivity index (χ3v) is 3.52. The van der Waals surface area contributed by atoms with E-state index in [0.717, 1.165) is 12.1 Å². The molecule has 5 heteroatoms. The van der Waals surface area contributed by atoms with E-state index in [1.165, 1.54) is 31.1 Å². The topological polar surface area (TPSA) is 65.7 Å². The van der Waals surface area contributed by atoms with Gasteiger partial charge in [0.25, 0.3) is 0 Å². The molecule has 0 spiro atoms. The van der Waals surface area contributed by atoms with Crippen molar-refractivity contribution in [3.05, 3.63) is 47.7 Å². The Bertz CT molecular complexity index is 600. The van der Waals surface area contributed by atoms with Crippen molar-refractivity contribution in [2.75, 3.05) is 13.1 Å². The zero-order chi connectivity index (χ0) is 13.9. The fraction of sp³-hybridized carbons (Fsp3) is 0.267. The molecule has 2 aromatic rings. The first kappa shape index (κ1) is 12.9. The Kier molecular flexibility index (Phi) is 3.54. The summed E-state index contributed by atoms with van der Waals surface area (Å²) in [5.41, 5.74) is 3.73. The molecule has 2 N–H and O–H groups in total. The van der Waals surface area contributed by atoms with Crippen LogP contribution in [0.1, 0.15) is 22.5 Å². The van der Waals surface area contributed by atoms with Crippen molar-refractivity contribution in [2.24, 2.45) is 0 Å². The average Bonchev–Trinajstić information content (AvgIpc) is 2.92. The Morgan fingerprint density at radius 1 is 1.20 bits per heavy atom. The molecule has 0 radical (unpaired) electrons. The van der Waals surface area contributed by atoms with Crippen molar-refractivity contribution in [3.63, 3.8) is 0 Å². The third kappa shape index (κ3) is 2.59. The predicted octanol–water partition coefficient (Wildman–Crippen LogP) is 2.27. The number of hydrogen-bond acceptors (Lipinski definition) is 4. The number of benzene rings is 1. The van der Waals surface area contributed by atoms with Crippen LogP contribution < -0.4 is 5.48 Å². The maximum atomic E-state index is 11.2. The molecule has 1 aromatic carbocycles. The number of carbonyl (C=O) groups is 1. The standard InChI is InChI=1S/C15H16N2O3/c18-15(16-19)14-7-6-13(20-14)12-4-2-11(3-5-12)10-17-8-1-9-17/h2-7,19H,1,8-10H2,(H,16,18). The molecule has 104 valence electrons. The first-order valence-corrected chi connectivity index (χ1v) is 6.62. The van der Waals surface area contributed by atoms with Gasteiger partial charge in [-0.2, -0.15) is 0 Å². The molecule has 1 fully saturated rings. The molecule has 5 nitrogen and oxygen atoms in total. The molecular formula is C15H16N2O3. The van der Waals surface area contributed by atoms with Crippen LogP contribution in [0.2, 0.25) is 0 Å². The Hall–Kier alpha value is -2.11. The van der Waals surface area contributed by atoms with Gasteiger partial charge >= 0.3 is 5.91 Å². The SMILES string of the molecule is O=C(NO)c1ccc(-c2ccc(CN3CCC3)cc2)o1. The summed E-state index contributed by atoms with van der Waals surface area (Å²) in [5.74, 6) is 0.0527. The van der Waals surface area contributed by atoms with Gasteiger partial charge in [0.2, 0.25) is 0 Å². The van der Waals surface area contributed by atoms with Crippen molar-refractivity contribution in [1.82, 2.24) is 10.4 Å². The summed E-state index contributed by atoms with van der Waals surface area (Å²) in [6.07, 6.45) is 1.29. The second-order valence-electron chi connectivity index (χ2n) is 4.93. The van der Waals surface area contributed by atoms with Crippen LogP contribution in [0.5, 0.6) is 0 Å². The van der Waals surface area contributed by atoms with Gasteiger partial charge in [0.15, 0.2) is 5.76 Å². The minimum absolute atomic E-state index is 0.0900. The van der Waals surface area contributed by atoms with Crippen molar-refractivity contribution in [2.45, 2.75) is 13.0 Å². The van der Waals surface area contributed by atoms with E-state index < -0.39 is 5.91 Å². The lowest BCUT2D eigenvalue weighted by molar-refractivity contribution is 0.0677. The van der Waals surface area contributed by atoms with Crippen LogP contribution in [-0.4, -0.2) is 29.1 Å². The van der Waals surface area contributed by atoms with Crippen molar-refractivity contribution in [1.29, 1.82) is 0 Å². The summed E-state index contributed by atoms with van der Waals surface area (Å²) in [7, 11) is 0. The van der Waals surface area contributed by atoms with Gasteiger partial charge in [-0.1, -0.05) is 24.3 Å². The van der Waals surface area contributed by atoms with E-state index in [-0.39, 0.29) is 5.76 Å². The van der Waals surface area contributed by atoms with Crippen molar-refractivity contribution < 1.29 is 14.4 Å². The lowest BCUT2D eigenvalue weighted by Crippen LogP contribution is -2.36. The molecule has 0 bridgehead atoms. The number of carbonyl (C=O) groups excluding carboxylic acids is 1. The highest BCUT2D eigenvalue weighted by Crippen LogP contribution is 2.23. The van der Waals surface area contributed by atoms with Gasteiger partial charge in [-0.25, -0.2) is 5.48 Å². The number of hydrogen-bond donors (Lipinski definition) is 2. The lowest BCUT2D eigenvalue weighted by Gasteiger charge is -2.30. The molecule has 1 aliphatic heterocycles. The van der Waals surface area contributed by atoms with Crippen LogP contribution in [-0.2, 0) is 6.54 Å². The van der Waals surface area contributed by atoms with Crippen molar-refractivity contribution >= 4 is 5.91 Å². The Morgan fingerprint density at radius 3 is 2.55 bits per heavy atom. The quantitative estimate of drug-likeness (QED) is 0.662. The highest BCUT2D eigenvalue weighted by atomic mass is 16.5. The summed E-state index contributed by atoms with van der Waals surface area (Å²) >= 11 is 0. The maximum absolute atomic E-state index is 11.2. The highest BCUT2D eigenvalue weighted by molar-refractivity contribution is 5.91. The molecule has 1 saturated heterocycles. The molecule has 1 aromatic heterocycles. The second kappa shape index (κ2) is 5.48. The van der Waals surface area contributed by atoms with Crippen LogP contribution in [0.4, 0.5) is 0 Å². The van der Waals surface area contributed by atoms with E-state index in [2.05, 4.69) is 17.0 Å². The molecule has 0 saturated carbocycles. The smallest absolute Gasteiger partial charge is 0.310 e. The summed E-state index contributed by atoms with van der Waals surface area (Å²) in [5, 5.41) is 8.55. The molecule has 0 atom stereocenters. The number of nitrogens with one attached hydrogen (secondary N) is 1. The monoisotopic (exact) mass is 272 g/mol. The van der Waals surface area contributed by atoms with Gasteiger partial charge in [-0.15, -0.1) is 0 Å². The number of amides is 1. The minimum Gasteiger partial charge on any atom is -0.451 e. The summed E-state index contributed by atoms with van der Waals surface area (Å²) in [6, 6.07) is 11.4. The van der Waals surface area contributed by atoms with E-state index in [1.54, 1.807) is 11.5 Å². The van der Waals surface area contributed by atoms with Gasteiger partial charge in [-0.3, -0.25) is 14.9 Å². The van der Waals surface area contributed by atoms with Crippen LogP contribution in [0, 0.1) is 0 Å². The van der Waals surface area contributed by atoms with Crippen LogP contribution in [0.3, 0.4) is 0 Å². The fourth-order valence-electron chi connectivity index (χ4n) is 2.24. The Morgan fingerprint density at radius 2 is 1.95 bits per heavy atom. The number of hydroxylamine groups is 1. The summed E-state index contributed by atoms with van der Waals surface area (Å²) < 4.78 is 5.39.